The summed E-state index contributed by atoms with van der Waals surface area (Å²) in [7, 11) is 0. The summed E-state index contributed by atoms with van der Waals surface area (Å²) < 4.78 is 0. The first-order chi connectivity index (χ1) is 13.1. The predicted octanol–water partition coefficient (Wildman–Crippen LogP) is 5.58. The Hall–Kier alpha value is -1.26. The molecule has 1 fully saturated rings. The number of amides is 2. The molecule has 1 aliphatic rings. The first kappa shape index (κ1) is 23.8. The average Bonchev–Trinajstić information content (AvgIpc) is 3.15. The highest BCUT2D eigenvalue weighted by Crippen LogP contribution is 2.16. The van der Waals surface area contributed by atoms with Gasteiger partial charge >= 0.3 is 6.09 Å². The molecule has 1 unspecified atom stereocenters. The van der Waals surface area contributed by atoms with Crippen molar-refractivity contribution in [3.8, 4) is 0 Å². The standard InChI is InChI=1S/C22H42N2O3/c1-2-3-4-5-6-7-8-9-10-11-12-13-14-15-17-23-21(25)20-16-18-24(19-20)22(26)27/h20H,2-19H2,1H3,(H,23,25)(H,26,27). The van der Waals surface area contributed by atoms with Crippen molar-refractivity contribution in [3.63, 3.8) is 0 Å². The number of carbonyl (C=O) groups excluding carboxylic acids is 1. The van der Waals surface area contributed by atoms with Crippen molar-refractivity contribution in [1.29, 1.82) is 0 Å². The van der Waals surface area contributed by atoms with Gasteiger partial charge in [0.05, 0.1) is 5.92 Å². The van der Waals surface area contributed by atoms with Crippen LogP contribution in [0.25, 0.3) is 0 Å². The molecule has 1 saturated heterocycles. The number of nitrogens with zero attached hydrogens (tertiary/aromatic N) is 1. The zero-order valence-electron chi connectivity index (χ0n) is 17.5. The highest BCUT2D eigenvalue weighted by molar-refractivity contribution is 5.80. The van der Waals surface area contributed by atoms with E-state index in [2.05, 4.69) is 12.2 Å². The minimum Gasteiger partial charge on any atom is -0.465 e. The highest BCUT2D eigenvalue weighted by Gasteiger charge is 2.30. The molecule has 0 spiro atoms. The molecule has 27 heavy (non-hydrogen) atoms. The van der Waals surface area contributed by atoms with Crippen LogP contribution in [0.5, 0.6) is 0 Å². The average molecular weight is 383 g/mol. The fourth-order valence-corrected chi connectivity index (χ4v) is 3.82. The van der Waals surface area contributed by atoms with Gasteiger partial charge in [0.25, 0.3) is 0 Å². The molecule has 2 amide bonds. The number of hydrogen-bond acceptors (Lipinski definition) is 2. The molecule has 158 valence electrons. The first-order valence-electron chi connectivity index (χ1n) is 11.4. The fourth-order valence-electron chi connectivity index (χ4n) is 3.82. The molecular formula is C22H42N2O3. The van der Waals surface area contributed by atoms with Crippen molar-refractivity contribution in [2.45, 2.75) is 103 Å². The fraction of sp³-hybridized carbons (Fsp3) is 0.909. The van der Waals surface area contributed by atoms with E-state index < -0.39 is 6.09 Å². The summed E-state index contributed by atoms with van der Waals surface area (Å²) in [6.07, 6.45) is 18.4. The Bertz CT molecular complexity index is 401. The zero-order chi connectivity index (χ0) is 19.7. The van der Waals surface area contributed by atoms with E-state index in [9.17, 15) is 9.59 Å². The summed E-state index contributed by atoms with van der Waals surface area (Å²) in [4.78, 5) is 24.2. The van der Waals surface area contributed by atoms with E-state index in [4.69, 9.17) is 5.11 Å². The lowest BCUT2D eigenvalue weighted by molar-refractivity contribution is -0.124. The molecule has 1 heterocycles. The number of hydrogen-bond donors (Lipinski definition) is 2. The maximum atomic E-state index is 12.0. The van der Waals surface area contributed by atoms with Gasteiger partial charge in [0, 0.05) is 19.6 Å². The normalized spacial score (nSPS) is 16.6. The summed E-state index contributed by atoms with van der Waals surface area (Å²) in [5, 5.41) is 11.9. The van der Waals surface area contributed by atoms with Gasteiger partial charge < -0.3 is 15.3 Å². The summed E-state index contributed by atoms with van der Waals surface area (Å²) >= 11 is 0. The second-order valence-electron chi connectivity index (χ2n) is 8.10. The van der Waals surface area contributed by atoms with Gasteiger partial charge in [0.15, 0.2) is 0 Å². The SMILES string of the molecule is CCCCCCCCCCCCCCCCNC(=O)C1CCN(C(=O)O)C1. The Morgan fingerprint density at radius 1 is 0.852 bits per heavy atom. The summed E-state index contributed by atoms with van der Waals surface area (Å²) in [6, 6.07) is 0. The lowest BCUT2D eigenvalue weighted by Gasteiger charge is -2.12. The van der Waals surface area contributed by atoms with Crippen LogP contribution >= 0.6 is 0 Å². The molecule has 0 aliphatic carbocycles. The van der Waals surface area contributed by atoms with E-state index in [-0.39, 0.29) is 11.8 Å². The zero-order valence-corrected chi connectivity index (χ0v) is 17.5. The maximum absolute atomic E-state index is 12.0. The number of unbranched alkanes of at least 4 members (excludes halogenated alkanes) is 13. The van der Waals surface area contributed by atoms with Crippen LogP contribution in [0.3, 0.4) is 0 Å². The molecule has 0 aromatic heterocycles. The van der Waals surface area contributed by atoms with Crippen molar-refractivity contribution in [2.75, 3.05) is 19.6 Å². The predicted molar refractivity (Wildman–Crippen MR) is 111 cm³/mol. The van der Waals surface area contributed by atoms with E-state index in [1.54, 1.807) is 0 Å². The summed E-state index contributed by atoms with van der Waals surface area (Å²) in [6.45, 7) is 3.82. The van der Waals surface area contributed by atoms with E-state index in [0.29, 0.717) is 19.5 Å². The number of rotatable bonds is 16. The lowest BCUT2D eigenvalue weighted by atomic mass is 10.0. The van der Waals surface area contributed by atoms with Crippen LogP contribution in [0, 0.1) is 5.92 Å². The third-order valence-electron chi connectivity index (χ3n) is 5.66. The van der Waals surface area contributed by atoms with Gasteiger partial charge in [-0.25, -0.2) is 4.79 Å². The molecule has 1 aliphatic heterocycles. The topological polar surface area (TPSA) is 69.6 Å². The van der Waals surface area contributed by atoms with Crippen LogP contribution in [0.15, 0.2) is 0 Å². The Morgan fingerprint density at radius 2 is 1.33 bits per heavy atom. The largest absolute Gasteiger partial charge is 0.465 e. The van der Waals surface area contributed by atoms with Crippen LogP contribution in [0.4, 0.5) is 4.79 Å². The first-order valence-corrected chi connectivity index (χ1v) is 11.4. The van der Waals surface area contributed by atoms with E-state index in [1.165, 1.54) is 88.4 Å². The molecule has 1 rings (SSSR count). The molecular weight excluding hydrogens is 340 g/mol. The molecule has 0 bridgehead atoms. The van der Waals surface area contributed by atoms with Crippen molar-refractivity contribution in [2.24, 2.45) is 5.92 Å². The van der Waals surface area contributed by atoms with E-state index in [1.807, 2.05) is 0 Å². The number of likely N-dealkylation sites (tertiary alicyclic amines) is 1. The Kier molecular flexibility index (Phi) is 13.9. The second kappa shape index (κ2) is 15.8. The van der Waals surface area contributed by atoms with Crippen LogP contribution < -0.4 is 5.32 Å². The van der Waals surface area contributed by atoms with Gasteiger partial charge in [-0.05, 0) is 12.8 Å². The van der Waals surface area contributed by atoms with E-state index >= 15 is 0 Å². The summed E-state index contributed by atoms with van der Waals surface area (Å²) in [5.74, 6) is -0.138. The minimum absolute atomic E-state index is 0.0217. The highest BCUT2D eigenvalue weighted by atomic mass is 16.4. The van der Waals surface area contributed by atoms with Gasteiger partial charge in [-0.15, -0.1) is 0 Å². The minimum atomic E-state index is -0.919. The molecule has 0 saturated carbocycles. The number of carboxylic acid groups (broad SMARTS) is 1. The van der Waals surface area contributed by atoms with Crippen molar-refractivity contribution >= 4 is 12.0 Å². The Labute approximate surface area is 166 Å². The van der Waals surface area contributed by atoms with Gasteiger partial charge in [-0.3, -0.25) is 4.79 Å². The van der Waals surface area contributed by atoms with Gasteiger partial charge in [-0.2, -0.15) is 0 Å². The molecule has 5 heteroatoms. The number of nitrogens with one attached hydrogen (secondary N) is 1. The molecule has 0 aromatic carbocycles. The smallest absolute Gasteiger partial charge is 0.407 e. The van der Waals surface area contributed by atoms with Crippen LogP contribution in [0.1, 0.15) is 103 Å². The molecule has 0 aromatic rings. The molecule has 1 atom stereocenters. The van der Waals surface area contributed by atoms with Gasteiger partial charge in [0.1, 0.15) is 0 Å². The van der Waals surface area contributed by atoms with Crippen LogP contribution in [-0.2, 0) is 4.79 Å². The Balaban J connectivity index is 1.80. The van der Waals surface area contributed by atoms with E-state index in [0.717, 1.165) is 13.0 Å². The maximum Gasteiger partial charge on any atom is 0.407 e. The molecule has 5 nitrogen and oxygen atoms in total. The van der Waals surface area contributed by atoms with Gasteiger partial charge in [0.2, 0.25) is 5.91 Å². The number of carbonyl (C=O) groups is 2. The van der Waals surface area contributed by atoms with Crippen molar-refractivity contribution in [3.05, 3.63) is 0 Å². The summed E-state index contributed by atoms with van der Waals surface area (Å²) in [5.41, 5.74) is 0. The van der Waals surface area contributed by atoms with Crippen molar-refractivity contribution in [1.82, 2.24) is 10.2 Å². The quantitative estimate of drug-likeness (QED) is 0.342. The Morgan fingerprint density at radius 3 is 1.78 bits per heavy atom. The second-order valence-corrected chi connectivity index (χ2v) is 8.10. The monoisotopic (exact) mass is 382 g/mol. The van der Waals surface area contributed by atoms with Crippen LogP contribution in [0.2, 0.25) is 0 Å². The van der Waals surface area contributed by atoms with Crippen LogP contribution in [-0.4, -0.2) is 41.6 Å². The molecule has 0 radical (unpaired) electrons. The molecule has 2 N–H and O–H groups in total. The van der Waals surface area contributed by atoms with Gasteiger partial charge in [-0.1, -0.05) is 90.4 Å². The lowest BCUT2D eigenvalue weighted by Crippen LogP contribution is -2.34. The van der Waals surface area contributed by atoms with Crippen molar-refractivity contribution < 1.29 is 14.7 Å². The third-order valence-corrected chi connectivity index (χ3v) is 5.66. The third kappa shape index (κ3) is 11.9.